The Bertz CT molecular complexity index is 877. The molecule has 0 aromatic heterocycles. The molecule has 0 bridgehead atoms. The molecule has 1 atom stereocenters. The summed E-state index contributed by atoms with van der Waals surface area (Å²) >= 11 is 0. The van der Waals surface area contributed by atoms with E-state index in [4.69, 9.17) is 0 Å². The van der Waals surface area contributed by atoms with Crippen LogP contribution in [-0.4, -0.2) is 6.29 Å². The maximum Gasteiger partial charge on any atom is 0.124 e. The second-order valence-corrected chi connectivity index (χ2v) is 5.94. The van der Waals surface area contributed by atoms with Crippen molar-refractivity contribution in [1.29, 1.82) is 0 Å². The second-order valence-electron chi connectivity index (χ2n) is 5.94. The van der Waals surface area contributed by atoms with Gasteiger partial charge < -0.3 is 10.1 Å². The minimum atomic E-state index is 0.118. The van der Waals surface area contributed by atoms with Crippen LogP contribution in [0.3, 0.4) is 0 Å². The van der Waals surface area contributed by atoms with Crippen molar-refractivity contribution in [2.75, 3.05) is 0 Å². The Morgan fingerprint density at radius 3 is 2.58 bits per heavy atom. The number of aldehydes is 1. The van der Waals surface area contributed by atoms with Crippen molar-refractivity contribution in [1.82, 2.24) is 5.32 Å². The normalized spacial score (nSPS) is 11.9. The van der Waals surface area contributed by atoms with Gasteiger partial charge in [-0.25, -0.2) is 0 Å². The predicted octanol–water partition coefficient (Wildman–Crippen LogP) is 4.90. The monoisotopic (exact) mass is 315 g/mol. The Labute approximate surface area is 142 Å². The molecule has 0 fully saturated rings. The van der Waals surface area contributed by atoms with Crippen molar-refractivity contribution in [2.45, 2.75) is 19.4 Å². The molecule has 2 nitrogen and oxygen atoms in total. The lowest BCUT2D eigenvalue weighted by atomic mass is 9.98. The molecule has 3 rings (SSSR count). The maximum atomic E-state index is 10.9. The van der Waals surface area contributed by atoms with Gasteiger partial charge in [0.2, 0.25) is 0 Å². The average molecular weight is 315 g/mol. The van der Waals surface area contributed by atoms with E-state index in [1.807, 2.05) is 24.3 Å². The number of fused-ring (bicyclic) bond motifs is 1. The standard InChI is InChI=1S/C22H21NO/c1-16(20-11-5-3-9-19(20)14-15-24)23-17(2)21-13-7-10-18-8-4-6-12-22(18)21/h3-13,15,17,23H,1,14H2,2H3. The third-order valence-corrected chi connectivity index (χ3v) is 4.33. The molecule has 2 heteroatoms. The van der Waals surface area contributed by atoms with E-state index in [1.165, 1.54) is 16.3 Å². The molecule has 0 radical (unpaired) electrons. The van der Waals surface area contributed by atoms with Gasteiger partial charge in [-0.15, -0.1) is 0 Å². The van der Waals surface area contributed by atoms with Gasteiger partial charge in [0.05, 0.1) is 0 Å². The number of carbonyl (C=O) groups is 1. The molecule has 3 aromatic rings. The zero-order chi connectivity index (χ0) is 16.9. The lowest BCUT2D eigenvalue weighted by Crippen LogP contribution is -2.17. The van der Waals surface area contributed by atoms with E-state index in [0.717, 1.165) is 23.1 Å². The second kappa shape index (κ2) is 7.14. The lowest BCUT2D eigenvalue weighted by molar-refractivity contribution is -0.107. The Morgan fingerprint density at radius 2 is 1.75 bits per heavy atom. The van der Waals surface area contributed by atoms with Gasteiger partial charge in [-0.3, -0.25) is 0 Å². The molecule has 3 aromatic carbocycles. The molecular weight excluding hydrogens is 294 g/mol. The largest absolute Gasteiger partial charge is 0.378 e. The summed E-state index contributed by atoms with van der Waals surface area (Å²) in [7, 11) is 0. The molecule has 0 aliphatic rings. The minimum Gasteiger partial charge on any atom is -0.378 e. The van der Waals surface area contributed by atoms with Gasteiger partial charge in [0.15, 0.2) is 0 Å². The van der Waals surface area contributed by atoms with Gasteiger partial charge >= 0.3 is 0 Å². The number of carbonyl (C=O) groups excluding carboxylic acids is 1. The van der Waals surface area contributed by atoms with Gasteiger partial charge in [-0.2, -0.15) is 0 Å². The highest BCUT2D eigenvalue weighted by atomic mass is 16.1. The SMILES string of the molecule is C=C(NC(C)c1cccc2ccccc12)c1ccccc1CC=O. The molecule has 0 heterocycles. The summed E-state index contributed by atoms with van der Waals surface area (Å²) in [6.07, 6.45) is 1.33. The van der Waals surface area contributed by atoms with Crippen LogP contribution >= 0.6 is 0 Å². The van der Waals surface area contributed by atoms with Crippen LogP contribution in [-0.2, 0) is 11.2 Å². The van der Waals surface area contributed by atoms with Crippen molar-refractivity contribution in [3.63, 3.8) is 0 Å². The zero-order valence-electron chi connectivity index (χ0n) is 13.8. The molecule has 1 N–H and O–H groups in total. The van der Waals surface area contributed by atoms with E-state index in [1.54, 1.807) is 0 Å². The number of nitrogens with one attached hydrogen (secondary N) is 1. The minimum absolute atomic E-state index is 0.118. The van der Waals surface area contributed by atoms with Gasteiger partial charge in [0.1, 0.15) is 6.29 Å². The first kappa shape index (κ1) is 16.0. The third kappa shape index (κ3) is 3.23. The van der Waals surface area contributed by atoms with Crippen LogP contribution in [0, 0.1) is 0 Å². The number of hydrogen-bond donors (Lipinski definition) is 1. The van der Waals surface area contributed by atoms with Gasteiger partial charge in [-0.05, 0) is 28.8 Å². The number of benzene rings is 3. The zero-order valence-corrected chi connectivity index (χ0v) is 13.8. The van der Waals surface area contributed by atoms with Gasteiger partial charge in [0.25, 0.3) is 0 Å². The highest BCUT2D eigenvalue weighted by molar-refractivity contribution is 5.86. The highest BCUT2D eigenvalue weighted by Gasteiger charge is 2.12. The number of hydrogen-bond acceptors (Lipinski definition) is 2. The summed E-state index contributed by atoms with van der Waals surface area (Å²) in [6, 6.07) is 22.7. The molecular formula is C22H21NO. The molecule has 1 unspecified atom stereocenters. The quantitative estimate of drug-likeness (QED) is 0.655. The van der Waals surface area contributed by atoms with Crippen molar-refractivity contribution >= 4 is 22.8 Å². The van der Waals surface area contributed by atoms with E-state index < -0.39 is 0 Å². The maximum absolute atomic E-state index is 10.9. The van der Waals surface area contributed by atoms with Gasteiger partial charge in [-0.1, -0.05) is 73.3 Å². The van der Waals surface area contributed by atoms with Crippen molar-refractivity contribution in [3.05, 3.63) is 90.0 Å². The first-order valence-corrected chi connectivity index (χ1v) is 8.15. The van der Waals surface area contributed by atoms with Gasteiger partial charge in [0, 0.05) is 23.7 Å². The third-order valence-electron chi connectivity index (χ3n) is 4.33. The molecule has 0 spiro atoms. The van der Waals surface area contributed by atoms with Crippen LogP contribution in [0.2, 0.25) is 0 Å². The van der Waals surface area contributed by atoms with E-state index in [-0.39, 0.29) is 6.04 Å². The summed E-state index contributed by atoms with van der Waals surface area (Å²) in [4.78, 5) is 10.9. The fourth-order valence-corrected chi connectivity index (χ4v) is 3.13. The average Bonchev–Trinajstić information content (AvgIpc) is 2.62. The molecule has 0 saturated carbocycles. The van der Waals surface area contributed by atoms with Crippen LogP contribution in [0.1, 0.15) is 29.7 Å². The Morgan fingerprint density at radius 1 is 1.04 bits per heavy atom. The van der Waals surface area contributed by atoms with Crippen LogP contribution in [0.4, 0.5) is 0 Å². The summed E-state index contributed by atoms with van der Waals surface area (Å²) in [5.74, 6) is 0. The first-order chi connectivity index (χ1) is 11.7. The highest BCUT2D eigenvalue weighted by Crippen LogP contribution is 2.26. The lowest BCUT2D eigenvalue weighted by Gasteiger charge is -2.20. The smallest absolute Gasteiger partial charge is 0.124 e. The Kier molecular flexibility index (Phi) is 4.76. The van der Waals surface area contributed by atoms with E-state index in [9.17, 15) is 4.79 Å². The predicted molar refractivity (Wildman–Crippen MR) is 101 cm³/mol. The van der Waals surface area contributed by atoms with Crippen LogP contribution in [0.15, 0.2) is 73.3 Å². The summed E-state index contributed by atoms with van der Waals surface area (Å²) in [5, 5.41) is 5.97. The molecule has 0 aliphatic carbocycles. The van der Waals surface area contributed by atoms with E-state index in [2.05, 4.69) is 61.3 Å². The molecule has 0 saturated heterocycles. The Balaban J connectivity index is 1.88. The summed E-state index contributed by atoms with van der Waals surface area (Å²) in [5.41, 5.74) is 4.07. The fraction of sp³-hybridized carbons (Fsp3) is 0.136. The summed E-state index contributed by atoms with van der Waals surface area (Å²) in [6.45, 7) is 6.32. The van der Waals surface area contributed by atoms with E-state index >= 15 is 0 Å². The molecule has 24 heavy (non-hydrogen) atoms. The fourth-order valence-electron chi connectivity index (χ4n) is 3.13. The molecule has 0 aliphatic heterocycles. The van der Waals surface area contributed by atoms with Crippen molar-refractivity contribution < 1.29 is 4.79 Å². The first-order valence-electron chi connectivity index (χ1n) is 8.15. The van der Waals surface area contributed by atoms with Crippen molar-refractivity contribution in [2.24, 2.45) is 0 Å². The molecule has 0 amide bonds. The Hall–Kier alpha value is -2.87. The van der Waals surface area contributed by atoms with Crippen LogP contribution < -0.4 is 5.32 Å². The van der Waals surface area contributed by atoms with Crippen LogP contribution in [0.25, 0.3) is 16.5 Å². The summed E-state index contributed by atoms with van der Waals surface area (Å²) < 4.78 is 0. The van der Waals surface area contributed by atoms with E-state index in [0.29, 0.717) is 6.42 Å². The number of rotatable bonds is 6. The molecule has 120 valence electrons. The van der Waals surface area contributed by atoms with Crippen molar-refractivity contribution in [3.8, 4) is 0 Å². The van der Waals surface area contributed by atoms with Crippen LogP contribution in [0.5, 0.6) is 0 Å². The topological polar surface area (TPSA) is 29.1 Å².